The number of thioether (sulfide) groups is 1. The van der Waals surface area contributed by atoms with Crippen molar-refractivity contribution < 1.29 is 9.47 Å². The molecular weight excluding hydrogens is 384 g/mol. The predicted molar refractivity (Wildman–Crippen MR) is 123 cm³/mol. The molecule has 0 aromatic heterocycles. The molecule has 0 amide bonds. The van der Waals surface area contributed by atoms with Crippen LogP contribution in [0, 0.1) is 5.41 Å². The zero-order valence-electron chi connectivity index (χ0n) is 18.6. The van der Waals surface area contributed by atoms with Gasteiger partial charge in [0.15, 0.2) is 5.96 Å². The second kappa shape index (κ2) is 11.8. The summed E-state index contributed by atoms with van der Waals surface area (Å²) in [6.07, 6.45) is 11.1. The van der Waals surface area contributed by atoms with Crippen molar-refractivity contribution in [2.45, 2.75) is 56.6 Å². The van der Waals surface area contributed by atoms with Gasteiger partial charge in [0.05, 0.1) is 13.2 Å². The first-order chi connectivity index (χ1) is 14.2. The molecule has 0 spiro atoms. The van der Waals surface area contributed by atoms with E-state index in [0.717, 1.165) is 78.0 Å². The predicted octanol–water partition coefficient (Wildman–Crippen LogP) is 2.74. The highest BCUT2D eigenvalue weighted by Crippen LogP contribution is 2.38. The second-order valence-electron chi connectivity index (χ2n) is 9.00. The van der Waals surface area contributed by atoms with Gasteiger partial charge < -0.3 is 20.1 Å². The Labute approximate surface area is 181 Å². The quantitative estimate of drug-likeness (QED) is 0.460. The Hall–Kier alpha value is -0.500. The number of guanidine groups is 1. The molecule has 6 nitrogen and oxygen atoms in total. The third-order valence-corrected chi connectivity index (χ3v) is 8.33. The summed E-state index contributed by atoms with van der Waals surface area (Å²) in [5.74, 6) is 0.986. The number of nitrogens with zero attached hydrogens (tertiary/aromatic N) is 2. The molecular formula is C22H42N4O2S. The zero-order valence-corrected chi connectivity index (χ0v) is 19.5. The molecule has 0 bridgehead atoms. The lowest BCUT2D eigenvalue weighted by molar-refractivity contribution is 0.00937. The van der Waals surface area contributed by atoms with Crippen molar-refractivity contribution >= 4 is 17.7 Å². The van der Waals surface area contributed by atoms with Gasteiger partial charge in [-0.05, 0) is 38.9 Å². The van der Waals surface area contributed by atoms with Crippen LogP contribution in [0.1, 0.15) is 51.9 Å². The topological polar surface area (TPSA) is 58.1 Å². The van der Waals surface area contributed by atoms with Crippen LogP contribution in [0.5, 0.6) is 0 Å². The van der Waals surface area contributed by atoms with Crippen LogP contribution in [0.4, 0.5) is 0 Å². The summed E-state index contributed by atoms with van der Waals surface area (Å²) < 4.78 is 11.4. The van der Waals surface area contributed by atoms with Crippen LogP contribution in [0.2, 0.25) is 0 Å². The van der Waals surface area contributed by atoms with Gasteiger partial charge in [-0.15, -0.1) is 0 Å². The van der Waals surface area contributed by atoms with Crippen LogP contribution in [0.25, 0.3) is 0 Å². The summed E-state index contributed by atoms with van der Waals surface area (Å²) in [4.78, 5) is 7.73. The summed E-state index contributed by atoms with van der Waals surface area (Å²) in [7, 11) is 0. The van der Waals surface area contributed by atoms with E-state index in [1.807, 2.05) is 11.8 Å². The lowest BCUT2D eigenvalue weighted by atomic mass is 9.73. The molecule has 3 fully saturated rings. The van der Waals surface area contributed by atoms with Gasteiger partial charge in [0.25, 0.3) is 0 Å². The maximum absolute atomic E-state index is 5.59. The van der Waals surface area contributed by atoms with Crippen LogP contribution in [0.3, 0.4) is 0 Å². The first-order valence-electron chi connectivity index (χ1n) is 11.6. The molecule has 2 N–H and O–H groups in total. The molecule has 0 radical (unpaired) electrons. The Balaban J connectivity index is 1.62. The van der Waals surface area contributed by atoms with Crippen LogP contribution in [-0.4, -0.2) is 87.6 Å². The molecule has 0 unspecified atom stereocenters. The molecule has 0 aromatic carbocycles. The van der Waals surface area contributed by atoms with Crippen LogP contribution >= 0.6 is 11.8 Å². The first-order valence-corrected chi connectivity index (χ1v) is 12.9. The summed E-state index contributed by atoms with van der Waals surface area (Å²) >= 11 is 1.98. The minimum Gasteiger partial charge on any atom is -0.381 e. The van der Waals surface area contributed by atoms with Gasteiger partial charge in [0, 0.05) is 62.6 Å². The van der Waals surface area contributed by atoms with E-state index in [4.69, 9.17) is 14.5 Å². The van der Waals surface area contributed by atoms with Gasteiger partial charge >= 0.3 is 0 Å². The second-order valence-corrected chi connectivity index (χ2v) is 10.3. The van der Waals surface area contributed by atoms with E-state index in [-0.39, 0.29) is 4.75 Å². The number of morpholine rings is 1. The van der Waals surface area contributed by atoms with Crippen LogP contribution in [-0.2, 0) is 9.47 Å². The number of rotatable bonds is 8. The average molecular weight is 427 g/mol. The average Bonchev–Trinajstić information content (AvgIpc) is 2.78. The van der Waals surface area contributed by atoms with Crippen molar-refractivity contribution in [1.29, 1.82) is 0 Å². The third kappa shape index (κ3) is 7.01. The van der Waals surface area contributed by atoms with E-state index in [1.54, 1.807) is 0 Å². The van der Waals surface area contributed by atoms with E-state index >= 15 is 0 Å². The fourth-order valence-corrected chi connectivity index (χ4v) is 5.72. The van der Waals surface area contributed by atoms with Gasteiger partial charge in [-0.2, -0.15) is 11.8 Å². The van der Waals surface area contributed by atoms with E-state index in [0.29, 0.717) is 5.41 Å². The Bertz CT molecular complexity index is 499. The molecule has 2 heterocycles. The smallest absolute Gasteiger partial charge is 0.191 e. The number of hydrogen-bond acceptors (Lipinski definition) is 5. The number of hydrogen-bond donors (Lipinski definition) is 2. The number of ether oxygens (including phenoxy) is 2. The molecule has 1 saturated carbocycles. The molecule has 2 aliphatic heterocycles. The molecule has 0 atom stereocenters. The molecule has 29 heavy (non-hydrogen) atoms. The molecule has 168 valence electrons. The lowest BCUT2D eigenvalue weighted by Crippen LogP contribution is -2.49. The maximum Gasteiger partial charge on any atom is 0.191 e. The molecule has 7 heteroatoms. The fraction of sp³-hybridized carbons (Fsp3) is 0.955. The highest BCUT2D eigenvalue weighted by Gasteiger charge is 2.35. The largest absolute Gasteiger partial charge is 0.381 e. The molecule has 0 aromatic rings. The molecule has 3 aliphatic rings. The number of nitrogens with one attached hydrogen (secondary N) is 2. The van der Waals surface area contributed by atoms with Crippen LogP contribution in [0.15, 0.2) is 4.99 Å². The van der Waals surface area contributed by atoms with E-state index in [9.17, 15) is 0 Å². The summed E-state index contributed by atoms with van der Waals surface area (Å²) in [5, 5.41) is 7.16. The summed E-state index contributed by atoms with van der Waals surface area (Å²) in [6, 6.07) is 0. The Morgan fingerprint density at radius 2 is 1.66 bits per heavy atom. The van der Waals surface area contributed by atoms with Crippen molar-refractivity contribution in [2.24, 2.45) is 10.4 Å². The molecule has 3 rings (SSSR count). The normalized spacial score (nSPS) is 25.5. The van der Waals surface area contributed by atoms with Gasteiger partial charge in [-0.25, -0.2) is 0 Å². The van der Waals surface area contributed by atoms with Crippen molar-refractivity contribution in [1.82, 2.24) is 15.5 Å². The van der Waals surface area contributed by atoms with Gasteiger partial charge in [-0.1, -0.05) is 19.3 Å². The van der Waals surface area contributed by atoms with Gasteiger partial charge in [-0.3, -0.25) is 9.89 Å². The Morgan fingerprint density at radius 1 is 0.966 bits per heavy atom. The highest BCUT2D eigenvalue weighted by atomic mass is 32.2. The minimum absolute atomic E-state index is 0.269. The SMILES string of the molecule is CCNC(=NCC1(CN2CCOCC2)CCCCC1)NCC1(SC)CCOCC1. The minimum atomic E-state index is 0.269. The van der Waals surface area contributed by atoms with E-state index in [1.165, 1.54) is 38.6 Å². The molecule has 2 saturated heterocycles. The van der Waals surface area contributed by atoms with Gasteiger partial charge in [0.1, 0.15) is 0 Å². The first kappa shape index (κ1) is 23.2. The lowest BCUT2D eigenvalue weighted by Gasteiger charge is -2.41. The monoisotopic (exact) mass is 426 g/mol. The summed E-state index contributed by atoms with van der Waals surface area (Å²) in [6.45, 7) is 11.8. The van der Waals surface area contributed by atoms with Crippen LogP contribution < -0.4 is 10.6 Å². The van der Waals surface area contributed by atoms with E-state index in [2.05, 4.69) is 28.7 Å². The van der Waals surface area contributed by atoms with Gasteiger partial charge in [0.2, 0.25) is 0 Å². The number of aliphatic imine (C=N–C) groups is 1. The fourth-order valence-electron chi connectivity index (χ4n) is 4.93. The van der Waals surface area contributed by atoms with Crippen molar-refractivity contribution in [3.63, 3.8) is 0 Å². The van der Waals surface area contributed by atoms with Crippen molar-refractivity contribution in [3.8, 4) is 0 Å². The molecule has 1 aliphatic carbocycles. The third-order valence-electron chi connectivity index (χ3n) is 6.91. The maximum atomic E-state index is 5.59. The summed E-state index contributed by atoms with van der Waals surface area (Å²) in [5.41, 5.74) is 0.327. The standard InChI is InChI=1S/C22H42N4O2S/c1-3-23-20(25-18-22(29-2)9-13-27-14-10-22)24-17-21(7-5-4-6-8-21)19-26-11-15-28-16-12-26/h3-19H2,1-2H3,(H2,23,24,25). The van der Waals surface area contributed by atoms with Crippen molar-refractivity contribution in [3.05, 3.63) is 0 Å². The highest BCUT2D eigenvalue weighted by molar-refractivity contribution is 8.00. The Morgan fingerprint density at radius 3 is 2.31 bits per heavy atom. The van der Waals surface area contributed by atoms with E-state index < -0.39 is 0 Å². The Kier molecular flexibility index (Phi) is 9.41. The zero-order chi connectivity index (χ0) is 20.4. The van der Waals surface area contributed by atoms with Crippen molar-refractivity contribution in [2.75, 3.05) is 72.0 Å².